The number of aromatic nitrogens is 1. The number of nitrogens with zero attached hydrogens (tertiary/aromatic N) is 2. The van der Waals surface area contributed by atoms with Gasteiger partial charge in [-0.25, -0.2) is 4.98 Å². The molecule has 2 aromatic carbocycles. The lowest BCUT2D eigenvalue weighted by atomic mass is 10.1. The Morgan fingerprint density at radius 3 is 2.47 bits per heavy atom. The molecule has 170 valence electrons. The summed E-state index contributed by atoms with van der Waals surface area (Å²) in [5.74, 6) is 1.40. The molecule has 1 unspecified atom stereocenters. The predicted molar refractivity (Wildman–Crippen MR) is 128 cm³/mol. The van der Waals surface area contributed by atoms with Crippen LogP contribution in [0.3, 0.4) is 0 Å². The highest BCUT2D eigenvalue weighted by molar-refractivity contribution is 7.09. The predicted octanol–water partition coefficient (Wildman–Crippen LogP) is 5.06. The van der Waals surface area contributed by atoms with E-state index in [0.717, 1.165) is 22.1 Å². The molecule has 0 saturated carbocycles. The smallest absolute Gasteiger partial charge is 0.270 e. The van der Waals surface area contributed by atoms with E-state index in [1.54, 1.807) is 14.2 Å². The lowest BCUT2D eigenvalue weighted by Gasteiger charge is -2.29. The van der Waals surface area contributed by atoms with Gasteiger partial charge in [0.1, 0.15) is 22.2 Å². The molecule has 1 aromatic heterocycles. The number of hydrogen-bond acceptors (Lipinski definition) is 6. The topological polar surface area (TPSA) is 63.7 Å². The van der Waals surface area contributed by atoms with Crippen molar-refractivity contribution in [1.82, 2.24) is 15.2 Å². The van der Waals surface area contributed by atoms with Crippen molar-refractivity contribution in [3.05, 3.63) is 75.7 Å². The Balaban J connectivity index is 1.87. The molecule has 0 fully saturated rings. The average molecular weight is 454 g/mol. The molecule has 6 nitrogen and oxygen atoms in total. The third-order valence-electron chi connectivity index (χ3n) is 5.24. The molecule has 0 saturated heterocycles. The maximum atomic E-state index is 12.3. The van der Waals surface area contributed by atoms with Crippen molar-refractivity contribution in [2.75, 3.05) is 14.2 Å². The summed E-state index contributed by atoms with van der Waals surface area (Å²) in [6.07, 6.45) is 0. The van der Waals surface area contributed by atoms with Gasteiger partial charge in [-0.1, -0.05) is 36.4 Å². The molecule has 32 heavy (non-hydrogen) atoms. The third kappa shape index (κ3) is 6.08. The van der Waals surface area contributed by atoms with Crippen molar-refractivity contribution in [2.45, 2.75) is 45.9 Å². The number of methoxy groups -OCH3 is 2. The minimum atomic E-state index is -0.137. The zero-order valence-electron chi connectivity index (χ0n) is 19.3. The fourth-order valence-electron chi connectivity index (χ4n) is 3.47. The molecule has 1 N–H and O–H groups in total. The van der Waals surface area contributed by atoms with Crippen LogP contribution >= 0.6 is 11.3 Å². The number of rotatable bonds is 10. The van der Waals surface area contributed by atoms with E-state index in [1.165, 1.54) is 16.9 Å². The lowest BCUT2D eigenvalue weighted by molar-refractivity contribution is 0.0938. The number of hydrogen-bond donors (Lipinski definition) is 1. The van der Waals surface area contributed by atoms with Crippen LogP contribution in [-0.4, -0.2) is 36.1 Å². The Kier molecular flexibility index (Phi) is 8.25. The first kappa shape index (κ1) is 23.8. The summed E-state index contributed by atoms with van der Waals surface area (Å²) in [6.45, 7) is 7.35. The van der Waals surface area contributed by atoms with Crippen LogP contribution in [0.1, 0.15) is 53.4 Å². The molecule has 0 spiro atoms. The lowest BCUT2D eigenvalue weighted by Crippen LogP contribution is -2.30. The van der Waals surface area contributed by atoms with Crippen molar-refractivity contribution in [3.63, 3.8) is 0 Å². The van der Waals surface area contributed by atoms with Gasteiger partial charge in [0.25, 0.3) is 5.91 Å². The molecule has 0 bridgehead atoms. The first-order chi connectivity index (χ1) is 15.4. The first-order valence-electron chi connectivity index (χ1n) is 10.7. The summed E-state index contributed by atoms with van der Waals surface area (Å²) >= 11 is 1.51. The van der Waals surface area contributed by atoms with Crippen LogP contribution in [0.2, 0.25) is 0 Å². The summed E-state index contributed by atoms with van der Waals surface area (Å²) in [7, 11) is 3.32. The van der Waals surface area contributed by atoms with Gasteiger partial charge in [0.05, 0.1) is 20.8 Å². The second-order valence-corrected chi connectivity index (χ2v) is 8.87. The highest BCUT2D eigenvalue weighted by atomic mass is 32.1. The van der Waals surface area contributed by atoms with Crippen LogP contribution in [0.5, 0.6) is 11.5 Å². The van der Waals surface area contributed by atoms with E-state index in [4.69, 9.17) is 9.47 Å². The molecule has 3 rings (SSSR count). The number of carbonyl (C=O) groups excluding carboxylic acids is 1. The fraction of sp³-hybridized carbons (Fsp3) is 0.360. The van der Waals surface area contributed by atoms with Gasteiger partial charge in [-0.3, -0.25) is 9.69 Å². The summed E-state index contributed by atoms with van der Waals surface area (Å²) in [5.41, 5.74) is 2.74. The maximum Gasteiger partial charge on any atom is 0.270 e. The van der Waals surface area contributed by atoms with E-state index >= 15 is 0 Å². The SMILES string of the molecule is COc1ccc(CN(Cc2nc(C(=O)NC(C)C)cs2)C(C)c2ccccc2)c(OC)c1. The van der Waals surface area contributed by atoms with Crippen LogP contribution in [0.15, 0.2) is 53.9 Å². The van der Waals surface area contributed by atoms with Gasteiger partial charge in [0.15, 0.2) is 0 Å². The molecular weight excluding hydrogens is 422 g/mol. The van der Waals surface area contributed by atoms with E-state index in [9.17, 15) is 4.79 Å². The van der Waals surface area contributed by atoms with Gasteiger partial charge in [-0.15, -0.1) is 11.3 Å². The Morgan fingerprint density at radius 1 is 1.06 bits per heavy atom. The molecule has 0 aliphatic rings. The zero-order valence-corrected chi connectivity index (χ0v) is 20.1. The Morgan fingerprint density at radius 2 is 1.81 bits per heavy atom. The Hall–Kier alpha value is -2.90. The van der Waals surface area contributed by atoms with Gasteiger partial charge in [-0.05, 0) is 32.4 Å². The largest absolute Gasteiger partial charge is 0.497 e. The summed E-state index contributed by atoms with van der Waals surface area (Å²) < 4.78 is 11.0. The molecule has 7 heteroatoms. The summed E-state index contributed by atoms with van der Waals surface area (Å²) in [5, 5.41) is 5.63. The van der Waals surface area contributed by atoms with Gasteiger partial charge in [-0.2, -0.15) is 0 Å². The van der Waals surface area contributed by atoms with Crippen LogP contribution < -0.4 is 14.8 Å². The number of ether oxygens (including phenoxy) is 2. The van der Waals surface area contributed by atoms with Gasteiger partial charge in [0, 0.05) is 35.6 Å². The van der Waals surface area contributed by atoms with E-state index in [1.807, 2.05) is 43.5 Å². The van der Waals surface area contributed by atoms with E-state index in [-0.39, 0.29) is 18.0 Å². The minimum absolute atomic E-state index is 0.0739. The Labute approximate surface area is 194 Å². The van der Waals surface area contributed by atoms with Crippen molar-refractivity contribution in [1.29, 1.82) is 0 Å². The maximum absolute atomic E-state index is 12.3. The van der Waals surface area contributed by atoms with Crippen LogP contribution in [0.25, 0.3) is 0 Å². The zero-order chi connectivity index (χ0) is 23.1. The van der Waals surface area contributed by atoms with Crippen molar-refractivity contribution in [3.8, 4) is 11.5 Å². The summed E-state index contributed by atoms with van der Waals surface area (Å²) in [4.78, 5) is 19.3. The van der Waals surface area contributed by atoms with E-state index in [0.29, 0.717) is 18.8 Å². The first-order valence-corrected chi connectivity index (χ1v) is 11.5. The Bertz CT molecular complexity index is 1020. The molecule has 0 aliphatic carbocycles. The minimum Gasteiger partial charge on any atom is -0.497 e. The monoisotopic (exact) mass is 453 g/mol. The molecule has 0 radical (unpaired) electrons. The highest BCUT2D eigenvalue weighted by Crippen LogP contribution is 2.30. The number of amides is 1. The van der Waals surface area contributed by atoms with Crippen molar-refractivity contribution < 1.29 is 14.3 Å². The second-order valence-electron chi connectivity index (χ2n) is 7.92. The second kappa shape index (κ2) is 11.1. The van der Waals surface area contributed by atoms with E-state index < -0.39 is 0 Å². The van der Waals surface area contributed by atoms with Crippen LogP contribution in [-0.2, 0) is 13.1 Å². The standard InChI is InChI=1S/C25H31N3O3S/c1-17(2)26-25(29)22-16-32-24(27-22)15-28(18(3)19-9-7-6-8-10-19)14-20-11-12-21(30-4)13-23(20)31-5/h6-13,16-18H,14-15H2,1-5H3,(H,26,29). The third-order valence-corrected chi connectivity index (χ3v) is 6.07. The molecular formula is C25H31N3O3S. The molecule has 3 aromatic rings. The average Bonchev–Trinajstić information content (AvgIpc) is 3.27. The van der Waals surface area contributed by atoms with Gasteiger partial charge < -0.3 is 14.8 Å². The molecule has 1 amide bonds. The quantitative estimate of drug-likeness (QED) is 0.465. The van der Waals surface area contributed by atoms with Gasteiger partial charge in [0.2, 0.25) is 0 Å². The molecule has 1 heterocycles. The normalized spacial score (nSPS) is 12.1. The summed E-state index contributed by atoms with van der Waals surface area (Å²) in [6, 6.07) is 16.5. The molecule has 1 atom stereocenters. The number of benzene rings is 2. The molecule has 0 aliphatic heterocycles. The highest BCUT2D eigenvalue weighted by Gasteiger charge is 2.21. The fourth-order valence-corrected chi connectivity index (χ4v) is 4.27. The van der Waals surface area contributed by atoms with Gasteiger partial charge >= 0.3 is 0 Å². The van der Waals surface area contributed by atoms with E-state index in [2.05, 4.69) is 46.4 Å². The number of nitrogens with one attached hydrogen (secondary N) is 1. The van der Waals surface area contributed by atoms with Crippen LogP contribution in [0, 0.1) is 0 Å². The van der Waals surface area contributed by atoms with Crippen molar-refractivity contribution in [2.24, 2.45) is 0 Å². The van der Waals surface area contributed by atoms with Crippen molar-refractivity contribution >= 4 is 17.2 Å². The van der Waals surface area contributed by atoms with Crippen LogP contribution in [0.4, 0.5) is 0 Å². The number of carbonyl (C=O) groups is 1. The number of thiazole rings is 1.